The van der Waals surface area contributed by atoms with E-state index in [0.717, 1.165) is 33.5 Å². The van der Waals surface area contributed by atoms with Crippen molar-refractivity contribution in [2.75, 3.05) is 11.9 Å². The first-order valence-electron chi connectivity index (χ1n) is 11.5. The van der Waals surface area contributed by atoms with Crippen LogP contribution in [-0.4, -0.2) is 23.3 Å². The maximum atomic E-state index is 14.4. The zero-order chi connectivity index (χ0) is 23.5. The van der Waals surface area contributed by atoms with Gasteiger partial charge in [-0.3, -0.25) is 9.59 Å². The van der Waals surface area contributed by atoms with Gasteiger partial charge < -0.3 is 10.2 Å². The first kappa shape index (κ1) is 21.7. The van der Waals surface area contributed by atoms with Crippen molar-refractivity contribution in [1.82, 2.24) is 4.90 Å². The zero-order valence-corrected chi connectivity index (χ0v) is 19.0. The molecule has 4 aromatic rings. The number of carbonyl (C=O) groups is 2. The highest BCUT2D eigenvalue weighted by Crippen LogP contribution is 2.39. The molecule has 0 saturated carbocycles. The van der Waals surface area contributed by atoms with Crippen molar-refractivity contribution in [3.05, 3.63) is 137 Å². The van der Waals surface area contributed by atoms with E-state index in [4.69, 9.17) is 0 Å². The molecule has 4 aromatic carbocycles. The number of benzene rings is 4. The molecule has 2 amide bonds. The number of nitrogens with zero attached hydrogens (tertiary/aromatic N) is 1. The molecule has 34 heavy (non-hydrogen) atoms. The number of carbonyl (C=O) groups excluding carboxylic acids is 2. The molecule has 168 valence electrons. The van der Waals surface area contributed by atoms with Crippen LogP contribution in [0.25, 0.3) is 0 Å². The Hall–Kier alpha value is -4.18. The Labute approximate surface area is 199 Å². The number of nitrogens with one attached hydrogen (secondary N) is 1. The monoisotopic (exact) mass is 446 g/mol. The fourth-order valence-corrected chi connectivity index (χ4v) is 4.76. The van der Waals surface area contributed by atoms with E-state index in [9.17, 15) is 9.59 Å². The molecule has 1 unspecified atom stereocenters. The van der Waals surface area contributed by atoms with E-state index in [-0.39, 0.29) is 18.4 Å². The van der Waals surface area contributed by atoms with Crippen molar-refractivity contribution in [3.8, 4) is 0 Å². The summed E-state index contributed by atoms with van der Waals surface area (Å²) in [5, 5.41) is 3.02. The van der Waals surface area contributed by atoms with Crippen LogP contribution >= 0.6 is 0 Å². The van der Waals surface area contributed by atoms with E-state index in [1.807, 2.05) is 110 Å². The summed E-state index contributed by atoms with van der Waals surface area (Å²) in [6.07, 6.45) is 0. The molecule has 0 spiro atoms. The minimum absolute atomic E-state index is 0.0255. The van der Waals surface area contributed by atoms with Crippen LogP contribution in [0.2, 0.25) is 0 Å². The van der Waals surface area contributed by atoms with Crippen molar-refractivity contribution in [1.29, 1.82) is 0 Å². The molecule has 0 saturated heterocycles. The number of hydrogen-bond donors (Lipinski definition) is 1. The number of rotatable bonds is 4. The minimum atomic E-state index is -0.521. The Morgan fingerprint density at radius 1 is 0.824 bits per heavy atom. The molecule has 1 heterocycles. The summed E-state index contributed by atoms with van der Waals surface area (Å²) in [7, 11) is 0. The van der Waals surface area contributed by atoms with Crippen LogP contribution < -0.4 is 5.32 Å². The van der Waals surface area contributed by atoms with Crippen LogP contribution in [0, 0.1) is 6.92 Å². The van der Waals surface area contributed by atoms with Crippen LogP contribution in [0.1, 0.15) is 39.8 Å². The summed E-state index contributed by atoms with van der Waals surface area (Å²) in [6.45, 7) is 2.00. The zero-order valence-electron chi connectivity index (χ0n) is 19.0. The highest BCUT2D eigenvalue weighted by Gasteiger charge is 2.37. The fourth-order valence-electron chi connectivity index (χ4n) is 4.76. The topological polar surface area (TPSA) is 49.4 Å². The van der Waals surface area contributed by atoms with Gasteiger partial charge in [0.15, 0.2) is 0 Å². The molecule has 0 fully saturated rings. The van der Waals surface area contributed by atoms with Crippen molar-refractivity contribution >= 4 is 17.5 Å². The predicted octanol–water partition coefficient (Wildman–Crippen LogP) is 5.70. The van der Waals surface area contributed by atoms with Crippen molar-refractivity contribution < 1.29 is 9.59 Å². The summed E-state index contributed by atoms with van der Waals surface area (Å²) in [5.74, 6) is -0.819. The first-order chi connectivity index (χ1) is 16.6. The molecule has 4 nitrogen and oxygen atoms in total. The Bertz CT molecular complexity index is 1260. The molecule has 1 aliphatic rings. The third-order valence-corrected chi connectivity index (χ3v) is 6.31. The Morgan fingerprint density at radius 3 is 1.97 bits per heavy atom. The normalized spacial score (nSPS) is 15.4. The van der Waals surface area contributed by atoms with E-state index in [1.54, 1.807) is 4.90 Å². The lowest BCUT2D eigenvalue weighted by Gasteiger charge is -2.34. The van der Waals surface area contributed by atoms with Gasteiger partial charge in [-0.05, 0) is 29.7 Å². The summed E-state index contributed by atoms with van der Waals surface area (Å²) in [6, 6.07) is 35.1. The molecular formula is C30H26N2O2. The second-order valence-electron chi connectivity index (χ2n) is 8.67. The number of hydrogen-bond acceptors (Lipinski definition) is 2. The molecule has 0 bridgehead atoms. The molecule has 0 aromatic heterocycles. The average molecular weight is 447 g/mol. The van der Waals surface area contributed by atoms with Gasteiger partial charge in [0.1, 0.15) is 6.54 Å². The van der Waals surface area contributed by atoms with Crippen LogP contribution in [0.3, 0.4) is 0 Å². The van der Waals surface area contributed by atoms with Crippen molar-refractivity contribution in [2.45, 2.75) is 18.9 Å². The predicted molar refractivity (Wildman–Crippen MR) is 135 cm³/mol. The lowest BCUT2D eigenvalue weighted by molar-refractivity contribution is -0.136. The van der Waals surface area contributed by atoms with Gasteiger partial charge in [0.25, 0.3) is 0 Å². The number of fused-ring (bicyclic) bond motifs is 1. The van der Waals surface area contributed by atoms with E-state index < -0.39 is 12.0 Å². The highest BCUT2D eigenvalue weighted by molar-refractivity contribution is 5.99. The molecule has 1 atom stereocenters. The van der Waals surface area contributed by atoms with Crippen LogP contribution in [0.4, 0.5) is 5.69 Å². The Morgan fingerprint density at radius 2 is 1.38 bits per heavy atom. The van der Waals surface area contributed by atoms with Gasteiger partial charge in [-0.15, -0.1) is 0 Å². The van der Waals surface area contributed by atoms with Gasteiger partial charge in [0, 0.05) is 11.3 Å². The summed E-state index contributed by atoms with van der Waals surface area (Å²) in [5.41, 5.74) is 5.52. The molecule has 1 aliphatic heterocycles. The molecule has 1 N–H and O–H groups in total. The highest BCUT2D eigenvalue weighted by atomic mass is 16.2. The van der Waals surface area contributed by atoms with Gasteiger partial charge >= 0.3 is 0 Å². The van der Waals surface area contributed by atoms with Gasteiger partial charge in [-0.2, -0.15) is 0 Å². The van der Waals surface area contributed by atoms with E-state index in [2.05, 4.69) is 11.4 Å². The molecule has 0 aliphatic carbocycles. The van der Waals surface area contributed by atoms with Crippen molar-refractivity contribution in [3.63, 3.8) is 0 Å². The lowest BCUT2D eigenvalue weighted by atomic mass is 9.88. The third kappa shape index (κ3) is 4.23. The second kappa shape index (κ2) is 9.36. The average Bonchev–Trinajstić information content (AvgIpc) is 3.01. The number of anilines is 1. The summed E-state index contributed by atoms with van der Waals surface area (Å²) >= 11 is 0. The first-order valence-corrected chi connectivity index (χ1v) is 11.5. The van der Waals surface area contributed by atoms with Crippen molar-refractivity contribution in [2.24, 2.45) is 0 Å². The smallest absolute Gasteiger partial charge is 0.244 e. The summed E-state index contributed by atoms with van der Waals surface area (Å²) in [4.78, 5) is 29.2. The van der Waals surface area contributed by atoms with Gasteiger partial charge in [0.2, 0.25) is 11.8 Å². The Balaban J connectivity index is 1.69. The molecule has 5 rings (SSSR count). The summed E-state index contributed by atoms with van der Waals surface area (Å²) < 4.78 is 0. The van der Waals surface area contributed by atoms with E-state index in [1.165, 1.54) is 0 Å². The number of amides is 2. The Kier molecular flexibility index (Phi) is 5.96. The van der Waals surface area contributed by atoms with Crippen LogP contribution in [-0.2, 0) is 9.59 Å². The quantitative estimate of drug-likeness (QED) is 0.437. The molecule has 0 radical (unpaired) electrons. The largest absolute Gasteiger partial charge is 0.324 e. The maximum Gasteiger partial charge on any atom is 0.244 e. The second-order valence-corrected chi connectivity index (χ2v) is 8.67. The third-order valence-electron chi connectivity index (χ3n) is 6.31. The molecular weight excluding hydrogens is 420 g/mol. The van der Waals surface area contributed by atoms with E-state index in [0.29, 0.717) is 0 Å². The fraction of sp³-hybridized carbons (Fsp3) is 0.133. The van der Waals surface area contributed by atoms with Gasteiger partial charge in [-0.1, -0.05) is 109 Å². The maximum absolute atomic E-state index is 14.4. The van der Waals surface area contributed by atoms with Gasteiger partial charge in [0.05, 0.1) is 12.0 Å². The lowest BCUT2D eigenvalue weighted by Crippen LogP contribution is -2.42. The van der Waals surface area contributed by atoms with Crippen LogP contribution in [0.5, 0.6) is 0 Å². The minimum Gasteiger partial charge on any atom is -0.324 e. The standard InChI is InChI=1S/C30H26N2O2/c1-21-17-18-26-25(19-21)29(24-15-9-4-10-16-24)32(20-27(33)31-26)30(34)28(22-11-5-2-6-12-22)23-13-7-3-8-14-23/h2-19,28-29H,20H2,1H3,(H,31,33). The van der Waals surface area contributed by atoms with Crippen LogP contribution in [0.15, 0.2) is 109 Å². The molecule has 4 heteroatoms. The number of aryl methyl sites for hydroxylation is 1. The van der Waals surface area contributed by atoms with Gasteiger partial charge in [-0.25, -0.2) is 0 Å². The SMILES string of the molecule is Cc1ccc2c(c1)C(c1ccccc1)N(C(=O)C(c1ccccc1)c1ccccc1)CC(=O)N2. The van der Waals surface area contributed by atoms with E-state index >= 15 is 0 Å².